The summed E-state index contributed by atoms with van der Waals surface area (Å²) in [5.74, 6) is -3.48. The quantitative estimate of drug-likeness (QED) is 0.0704. The summed E-state index contributed by atoms with van der Waals surface area (Å²) in [6, 6.07) is -2.79. The van der Waals surface area contributed by atoms with Gasteiger partial charge in [0.1, 0.15) is 18.1 Å². The summed E-state index contributed by atoms with van der Waals surface area (Å²) in [7, 11) is 0. The van der Waals surface area contributed by atoms with Gasteiger partial charge in [0.25, 0.3) is 5.97 Å². The van der Waals surface area contributed by atoms with E-state index < -0.39 is 54.3 Å². The van der Waals surface area contributed by atoms with Gasteiger partial charge < -0.3 is 48.6 Å². The van der Waals surface area contributed by atoms with E-state index in [1.54, 1.807) is 0 Å². The molecule has 1 heterocycles. The molecule has 250 valence electrons. The van der Waals surface area contributed by atoms with E-state index in [-0.39, 0.29) is 12.3 Å². The smallest absolute Gasteiger partial charge is 0.300 e. The number of aromatic amines is 1. The van der Waals surface area contributed by atoms with E-state index >= 15 is 0 Å². The number of rotatable bonds is 22. The zero-order valence-electron chi connectivity index (χ0n) is 25.9. The number of H-pyrrole nitrogens is 1. The lowest BCUT2D eigenvalue weighted by Crippen LogP contribution is -2.55. The maximum atomic E-state index is 13.0. The number of carbonyl (C=O) groups is 6. The number of hydrogen-bond donors (Lipinski definition) is 9. The minimum absolute atomic E-state index is 0.0648. The third-order valence-electron chi connectivity index (χ3n) is 6.27. The van der Waals surface area contributed by atoms with Crippen LogP contribution >= 0.6 is 0 Å². The number of hydrogen-bond acceptors (Lipinski definition) is 9. The summed E-state index contributed by atoms with van der Waals surface area (Å²) >= 11 is 0. The molecule has 5 amide bonds. The molecule has 44 heavy (non-hydrogen) atoms. The van der Waals surface area contributed by atoms with Gasteiger partial charge in [-0.15, -0.1) is 0 Å². The van der Waals surface area contributed by atoms with E-state index in [2.05, 4.69) is 31.2 Å². The average Bonchev–Trinajstić information content (AvgIpc) is 3.47. The van der Waals surface area contributed by atoms with Gasteiger partial charge in [-0.2, -0.15) is 0 Å². The Bertz CT molecular complexity index is 1000. The van der Waals surface area contributed by atoms with Crippen molar-refractivity contribution >= 4 is 35.5 Å². The van der Waals surface area contributed by atoms with Crippen LogP contribution in [-0.2, 0) is 35.2 Å². The predicted molar refractivity (Wildman–Crippen MR) is 164 cm³/mol. The Balaban J connectivity index is 0.00000433. The number of primary amides is 1. The second kappa shape index (κ2) is 24.4. The minimum Gasteiger partial charge on any atom is -0.481 e. The highest BCUT2D eigenvalue weighted by molar-refractivity contribution is 5.94. The SMILES string of the molecule is CC(=O)O.CCCCCC(=O)NC(CCCCN)C(=O)NCC(=O)NC(Cc1cnc[nH]1)C(=O)NC(CCCCN)C(N)=O. The third kappa shape index (κ3) is 20.0. The molecule has 0 aliphatic heterocycles. The van der Waals surface area contributed by atoms with E-state index in [0.717, 1.165) is 26.2 Å². The molecular weight excluding hydrogens is 574 g/mol. The van der Waals surface area contributed by atoms with E-state index in [0.29, 0.717) is 63.7 Å². The molecule has 1 rings (SSSR count). The molecular formula is C28H51N9O7. The lowest BCUT2D eigenvalue weighted by atomic mass is 10.1. The molecule has 12 N–H and O–H groups in total. The topological polar surface area (TPSA) is 278 Å². The van der Waals surface area contributed by atoms with Gasteiger partial charge in [0.2, 0.25) is 29.5 Å². The highest BCUT2D eigenvalue weighted by atomic mass is 16.4. The van der Waals surface area contributed by atoms with E-state index in [9.17, 15) is 24.0 Å². The number of aliphatic carboxylic acids is 1. The summed E-state index contributed by atoms with van der Waals surface area (Å²) in [6.45, 7) is 3.61. The number of carboxylic acids is 1. The zero-order chi connectivity index (χ0) is 33.3. The maximum absolute atomic E-state index is 13.0. The van der Waals surface area contributed by atoms with Crippen molar-refractivity contribution in [2.24, 2.45) is 17.2 Å². The monoisotopic (exact) mass is 625 g/mol. The molecule has 3 unspecified atom stereocenters. The van der Waals surface area contributed by atoms with Crippen LogP contribution in [0.4, 0.5) is 0 Å². The number of nitrogens with zero attached hydrogens (tertiary/aromatic N) is 1. The highest BCUT2D eigenvalue weighted by Gasteiger charge is 2.27. The van der Waals surface area contributed by atoms with Crippen molar-refractivity contribution in [2.45, 2.75) is 103 Å². The predicted octanol–water partition coefficient (Wildman–Crippen LogP) is -1.06. The molecule has 0 saturated carbocycles. The van der Waals surface area contributed by atoms with Gasteiger partial charge in [0.15, 0.2) is 0 Å². The zero-order valence-corrected chi connectivity index (χ0v) is 25.9. The van der Waals surface area contributed by atoms with Crippen LogP contribution in [0.15, 0.2) is 12.5 Å². The lowest BCUT2D eigenvalue weighted by Gasteiger charge is -2.22. The van der Waals surface area contributed by atoms with Crippen LogP contribution in [0.25, 0.3) is 0 Å². The van der Waals surface area contributed by atoms with Gasteiger partial charge in [-0.3, -0.25) is 28.8 Å². The molecule has 16 heteroatoms. The Morgan fingerprint density at radius 1 is 0.841 bits per heavy atom. The van der Waals surface area contributed by atoms with Gasteiger partial charge >= 0.3 is 0 Å². The highest BCUT2D eigenvalue weighted by Crippen LogP contribution is 2.05. The van der Waals surface area contributed by atoms with Crippen molar-refractivity contribution in [1.29, 1.82) is 0 Å². The van der Waals surface area contributed by atoms with Crippen molar-refractivity contribution in [3.05, 3.63) is 18.2 Å². The molecule has 0 aliphatic carbocycles. The second-order valence-electron chi connectivity index (χ2n) is 10.2. The van der Waals surface area contributed by atoms with Gasteiger partial charge in [-0.1, -0.05) is 19.8 Å². The molecule has 0 aliphatic rings. The molecule has 0 saturated heterocycles. The lowest BCUT2D eigenvalue weighted by molar-refractivity contribution is -0.134. The number of nitrogens with one attached hydrogen (secondary N) is 5. The largest absolute Gasteiger partial charge is 0.481 e. The summed E-state index contributed by atoms with van der Waals surface area (Å²) < 4.78 is 0. The second-order valence-corrected chi connectivity index (χ2v) is 10.2. The van der Waals surface area contributed by atoms with Crippen molar-refractivity contribution in [3.8, 4) is 0 Å². The fraction of sp³-hybridized carbons (Fsp3) is 0.679. The first-order valence-corrected chi connectivity index (χ1v) is 15.0. The normalized spacial score (nSPS) is 12.5. The molecule has 0 fully saturated rings. The third-order valence-corrected chi connectivity index (χ3v) is 6.27. The van der Waals surface area contributed by atoms with Crippen LogP contribution in [0.1, 0.15) is 83.7 Å². The number of carboxylic acid groups (broad SMARTS) is 1. The number of carbonyl (C=O) groups excluding carboxylic acids is 5. The van der Waals surface area contributed by atoms with Crippen molar-refractivity contribution in [2.75, 3.05) is 19.6 Å². The van der Waals surface area contributed by atoms with Gasteiger partial charge in [-0.05, 0) is 58.0 Å². The van der Waals surface area contributed by atoms with Crippen LogP contribution in [0, 0.1) is 0 Å². The van der Waals surface area contributed by atoms with Crippen LogP contribution in [0.3, 0.4) is 0 Å². The first-order valence-electron chi connectivity index (χ1n) is 15.0. The van der Waals surface area contributed by atoms with Crippen molar-refractivity contribution in [3.63, 3.8) is 0 Å². The minimum atomic E-state index is -1.07. The molecule has 16 nitrogen and oxygen atoms in total. The Hall–Kier alpha value is -4.05. The summed E-state index contributed by atoms with van der Waals surface area (Å²) in [4.78, 5) is 78.6. The molecule has 0 spiro atoms. The average molecular weight is 626 g/mol. The van der Waals surface area contributed by atoms with Crippen LogP contribution in [0.2, 0.25) is 0 Å². The van der Waals surface area contributed by atoms with Crippen LogP contribution in [-0.4, -0.2) is 88.3 Å². The van der Waals surface area contributed by atoms with Crippen molar-refractivity contribution in [1.82, 2.24) is 31.2 Å². The van der Waals surface area contributed by atoms with Gasteiger partial charge in [0, 0.05) is 31.7 Å². The number of imidazole rings is 1. The summed E-state index contributed by atoms with van der Waals surface area (Å²) in [6.07, 6.45) is 9.23. The van der Waals surface area contributed by atoms with E-state index in [1.807, 2.05) is 6.92 Å². The Morgan fingerprint density at radius 2 is 1.43 bits per heavy atom. The first kappa shape index (κ1) is 40.0. The number of nitrogens with two attached hydrogens (primary N) is 3. The Labute approximate surface area is 258 Å². The molecule has 1 aromatic rings. The van der Waals surface area contributed by atoms with Gasteiger partial charge in [-0.25, -0.2) is 4.98 Å². The maximum Gasteiger partial charge on any atom is 0.300 e. The fourth-order valence-electron chi connectivity index (χ4n) is 3.98. The molecule has 0 aromatic carbocycles. The molecule has 1 aromatic heterocycles. The van der Waals surface area contributed by atoms with Gasteiger partial charge in [0.05, 0.1) is 12.9 Å². The Morgan fingerprint density at radius 3 is 1.95 bits per heavy atom. The van der Waals surface area contributed by atoms with E-state index in [4.69, 9.17) is 27.1 Å². The Kier molecular flexibility index (Phi) is 22.2. The van der Waals surface area contributed by atoms with Crippen LogP contribution in [0.5, 0.6) is 0 Å². The number of aromatic nitrogens is 2. The molecule has 0 bridgehead atoms. The molecule has 3 atom stereocenters. The standard InChI is InChI=1S/C26H47N9O5.C2H4O2/c1-2-3-4-11-22(36)33-20(10-6-8-13-28)25(39)31-16-23(37)34-21(14-18-15-30-17-32-18)26(40)35-19(24(29)38)9-5-7-12-27;1-2(3)4/h15,17,19-21H,2-14,16,27-28H2,1H3,(H2,29,38)(H,30,32)(H,31,39)(H,33,36)(H,34,37)(H,35,40);1H3,(H,3,4). The fourth-order valence-corrected chi connectivity index (χ4v) is 3.98. The first-order chi connectivity index (χ1) is 20.9. The van der Waals surface area contributed by atoms with Crippen molar-refractivity contribution < 1.29 is 33.9 Å². The number of amides is 5. The summed E-state index contributed by atoms with van der Waals surface area (Å²) in [5, 5.41) is 17.9. The summed E-state index contributed by atoms with van der Waals surface area (Å²) in [5.41, 5.74) is 17.1. The number of unbranched alkanes of at least 4 members (excludes halogenated alkanes) is 4. The molecule has 0 radical (unpaired) electrons. The van der Waals surface area contributed by atoms with Crippen LogP contribution < -0.4 is 38.5 Å². The van der Waals surface area contributed by atoms with E-state index in [1.165, 1.54) is 12.5 Å².